The molecule has 1 aliphatic rings. The summed E-state index contributed by atoms with van der Waals surface area (Å²) in [6, 6.07) is 12.5. The van der Waals surface area contributed by atoms with Gasteiger partial charge in [0.15, 0.2) is 5.94 Å². The number of anilines is 1. The molecular formula is C22H17FN6O3. The van der Waals surface area contributed by atoms with Gasteiger partial charge < -0.3 is 15.0 Å². The Labute approximate surface area is 180 Å². The zero-order chi connectivity index (χ0) is 22.2. The number of halogens is 1. The van der Waals surface area contributed by atoms with E-state index < -0.39 is 17.5 Å². The van der Waals surface area contributed by atoms with Crippen LogP contribution in [0.15, 0.2) is 48.2 Å². The fourth-order valence-corrected chi connectivity index (χ4v) is 3.95. The highest BCUT2D eigenvalue weighted by atomic mass is 19.1. The number of hydrogen-bond acceptors (Lipinski definition) is 6. The van der Waals surface area contributed by atoms with E-state index in [-0.39, 0.29) is 11.4 Å². The van der Waals surface area contributed by atoms with Gasteiger partial charge in [0.05, 0.1) is 5.56 Å². The summed E-state index contributed by atoms with van der Waals surface area (Å²) in [7, 11) is 0. The first kappa shape index (κ1) is 19.7. The molecule has 2 aromatic carbocycles. The molecule has 10 heteroatoms. The maximum absolute atomic E-state index is 14.8. The predicted octanol–water partition coefficient (Wildman–Crippen LogP) is 3.56. The molecular weight excluding hydrogens is 415 g/mol. The largest absolute Gasteiger partial charge is 0.476 e. The minimum atomic E-state index is -1.38. The monoisotopic (exact) mass is 432 g/mol. The normalized spacial score (nSPS) is 13.5. The summed E-state index contributed by atoms with van der Waals surface area (Å²) >= 11 is 0. The van der Waals surface area contributed by atoms with E-state index in [4.69, 9.17) is 5.11 Å². The molecule has 0 saturated heterocycles. The number of aromatic nitrogens is 5. The molecule has 3 N–H and O–H groups in total. The summed E-state index contributed by atoms with van der Waals surface area (Å²) in [6.45, 7) is 0. The maximum atomic E-state index is 14.8. The molecule has 4 aromatic rings. The number of nitrogens with one attached hydrogen (secondary N) is 2. The van der Waals surface area contributed by atoms with Crippen LogP contribution in [0.1, 0.15) is 25.3 Å². The summed E-state index contributed by atoms with van der Waals surface area (Å²) in [5.41, 5.74) is 2.84. The second-order valence-electron chi connectivity index (χ2n) is 7.60. The number of fused-ring (bicyclic) bond motifs is 1. The van der Waals surface area contributed by atoms with Gasteiger partial charge in [-0.1, -0.05) is 12.1 Å². The Balaban J connectivity index is 1.59. The van der Waals surface area contributed by atoms with E-state index in [1.54, 1.807) is 18.2 Å². The number of carboxylic acid groups (broad SMARTS) is 1. The van der Waals surface area contributed by atoms with E-state index in [9.17, 15) is 14.0 Å². The van der Waals surface area contributed by atoms with Crippen LogP contribution in [0.2, 0.25) is 0 Å². The van der Waals surface area contributed by atoms with Crippen LogP contribution in [0.3, 0.4) is 0 Å². The average Bonchev–Trinajstić information content (AvgIpc) is 3.39. The number of H-pyrrole nitrogens is 1. The van der Waals surface area contributed by atoms with Crippen molar-refractivity contribution in [2.75, 3.05) is 5.32 Å². The van der Waals surface area contributed by atoms with Crippen molar-refractivity contribution in [1.82, 2.24) is 25.2 Å². The summed E-state index contributed by atoms with van der Waals surface area (Å²) in [5, 5.41) is 26.0. The van der Waals surface area contributed by atoms with Gasteiger partial charge in [0.25, 0.3) is 0 Å². The third-order valence-electron chi connectivity index (χ3n) is 5.72. The first-order chi connectivity index (χ1) is 15.5. The number of nitrogens with zero attached hydrogens (tertiary/aromatic N) is 4. The van der Waals surface area contributed by atoms with Crippen LogP contribution in [-0.2, 0) is 9.59 Å². The average molecular weight is 432 g/mol. The summed E-state index contributed by atoms with van der Waals surface area (Å²) < 4.78 is 17.0. The van der Waals surface area contributed by atoms with Gasteiger partial charge in [0.2, 0.25) is 11.5 Å². The van der Waals surface area contributed by atoms with Crippen molar-refractivity contribution in [2.24, 2.45) is 0 Å². The molecule has 1 saturated carbocycles. The second kappa shape index (κ2) is 7.75. The summed E-state index contributed by atoms with van der Waals surface area (Å²) in [5.74, 6) is -0.244. The molecule has 5 rings (SSSR count). The van der Waals surface area contributed by atoms with Crippen molar-refractivity contribution in [1.29, 1.82) is 0 Å². The fraction of sp³-hybridized carbons (Fsp3) is 0.182. The highest BCUT2D eigenvalue weighted by Gasteiger charge is 2.25. The van der Waals surface area contributed by atoms with Crippen LogP contribution >= 0.6 is 0 Å². The van der Waals surface area contributed by atoms with E-state index in [0.29, 0.717) is 11.7 Å². The maximum Gasteiger partial charge on any atom is 0.364 e. The van der Waals surface area contributed by atoms with Crippen molar-refractivity contribution in [3.05, 3.63) is 54.0 Å². The van der Waals surface area contributed by atoms with E-state index in [0.717, 1.165) is 41.4 Å². The molecule has 0 radical (unpaired) electrons. The molecule has 0 unspecified atom stereocenters. The standard InChI is InChI=1S/C22H17FN6O3/c23-17-8-13-9-19(12-4-6-14(7-5-12)24-18(11-30)22(31)32)29(15-2-1-3-15)20(13)10-16(17)21-25-27-28-26-21/h4-10,15,24H,1-3H2,(H,31,32)(H,25,26,27,28). The first-order valence-electron chi connectivity index (χ1n) is 9.99. The molecule has 1 fully saturated rings. The van der Waals surface area contributed by atoms with Gasteiger partial charge >= 0.3 is 5.97 Å². The van der Waals surface area contributed by atoms with Gasteiger partial charge in [-0.25, -0.2) is 14.0 Å². The van der Waals surface area contributed by atoms with Crippen molar-refractivity contribution >= 4 is 28.5 Å². The number of aliphatic carboxylic acids is 1. The number of rotatable bonds is 6. The van der Waals surface area contributed by atoms with Crippen LogP contribution in [0.4, 0.5) is 10.1 Å². The van der Waals surface area contributed by atoms with Gasteiger partial charge in [0.1, 0.15) is 5.82 Å². The third-order valence-corrected chi connectivity index (χ3v) is 5.72. The Hall–Kier alpha value is -4.30. The quantitative estimate of drug-likeness (QED) is 0.314. The molecule has 2 heterocycles. The molecule has 0 atom stereocenters. The van der Waals surface area contributed by atoms with E-state index in [1.165, 1.54) is 12.0 Å². The number of benzene rings is 2. The number of carbonyl (C=O) groups is 1. The molecule has 160 valence electrons. The second-order valence-corrected chi connectivity index (χ2v) is 7.60. The van der Waals surface area contributed by atoms with Crippen molar-refractivity contribution in [3.63, 3.8) is 0 Å². The minimum absolute atomic E-state index is 0.195. The van der Waals surface area contributed by atoms with E-state index in [2.05, 4.69) is 30.5 Å². The summed E-state index contributed by atoms with van der Waals surface area (Å²) in [4.78, 5) is 21.8. The molecule has 0 bridgehead atoms. The third kappa shape index (κ3) is 3.32. The van der Waals surface area contributed by atoms with Gasteiger partial charge in [-0.3, -0.25) is 0 Å². The SMILES string of the molecule is O=C=C(Nc1ccc(-c2cc3cc(F)c(-c4nn[nH]n4)cc3n2C2CCC2)cc1)C(=O)O. The highest BCUT2D eigenvalue weighted by molar-refractivity contribution is 5.98. The molecule has 0 aliphatic heterocycles. The van der Waals surface area contributed by atoms with E-state index >= 15 is 0 Å². The van der Waals surface area contributed by atoms with Gasteiger partial charge in [-0.2, -0.15) is 5.21 Å². The minimum Gasteiger partial charge on any atom is -0.476 e. The smallest absolute Gasteiger partial charge is 0.364 e. The van der Waals surface area contributed by atoms with E-state index in [1.807, 2.05) is 18.2 Å². The predicted molar refractivity (Wildman–Crippen MR) is 114 cm³/mol. The fourth-order valence-electron chi connectivity index (χ4n) is 3.95. The lowest BCUT2D eigenvalue weighted by Gasteiger charge is -2.30. The van der Waals surface area contributed by atoms with Crippen LogP contribution in [0.25, 0.3) is 33.5 Å². The number of hydrogen-bond donors (Lipinski definition) is 3. The Kier molecular flexibility index (Phi) is 4.76. The van der Waals surface area contributed by atoms with Gasteiger partial charge in [-0.05, 0) is 60.4 Å². The lowest BCUT2D eigenvalue weighted by Crippen LogP contribution is -2.17. The van der Waals surface area contributed by atoms with Gasteiger partial charge in [-0.15, -0.1) is 10.2 Å². The van der Waals surface area contributed by atoms with Crippen LogP contribution in [-0.4, -0.2) is 42.2 Å². The molecule has 32 heavy (non-hydrogen) atoms. The highest BCUT2D eigenvalue weighted by Crippen LogP contribution is 2.41. The zero-order valence-electron chi connectivity index (χ0n) is 16.7. The number of carboxylic acids is 1. The zero-order valence-corrected chi connectivity index (χ0v) is 16.7. The lowest BCUT2D eigenvalue weighted by atomic mass is 9.92. The first-order valence-corrected chi connectivity index (χ1v) is 9.99. The molecule has 2 aromatic heterocycles. The topological polar surface area (TPSA) is 126 Å². The van der Waals surface area contributed by atoms with Crippen LogP contribution in [0, 0.1) is 5.82 Å². The number of tetrazole rings is 1. The Bertz CT molecular complexity index is 1370. The molecule has 0 amide bonds. The summed E-state index contributed by atoms with van der Waals surface area (Å²) in [6.07, 6.45) is 3.18. The Morgan fingerprint density at radius 2 is 2.00 bits per heavy atom. The van der Waals surface area contributed by atoms with Crippen molar-refractivity contribution in [3.8, 4) is 22.6 Å². The Morgan fingerprint density at radius 3 is 2.59 bits per heavy atom. The van der Waals surface area contributed by atoms with Crippen molar-refractivity contribution < 1.29 is 19.1 Å². The lowest BCUT2D eigenvalue weighted by molar-refractivity contribution is -0.132. The van der Waals surface area contributed by atoms with Crippen LogP contribution < -0.4 is 5.32 Å². The molecule has 1 aliphatic carbocycles. The van der Waals surface area contributed by atoms with Crippen molar-refractivity contribution in [2.45, 2.75) is 25.3 Å². The van der Waals surface area contributed by atoms with Crippen LogP contribution in [0.5, 0.6) is 0 Å². The van der Waals surface area contributed by atoms with Gasteiger partial charge in [0, 0.05) is 28.3 Å². The molecule has 9 nitrogen and oxygen atoms in total. The number of carbonyl (C=O) groups excluding carboxylic acids is 1. The Morgan fingerprint density at radius 1 is 1.22 bits per heavy atom. The number of aromatic amines is 1. The molecule has 0 spiro atoms.